The molecule has 154 valence electrons. The molecule has 5 heteroatoms. The van der Waals surface area contributed by atoms with Gasteiger partial charge in [0.05, 0.1) is 31.0 Å². The molecule has 1 aliphatic rings. The van der Waals surface area contributed by atoms with Gasteiger partial charge in [-0.3, -0.25) is 4.98 Å². The van der Waals surface area contributed by atoms with Crippen molar-refractivity contribution in [1.82, 2.24) is 4.98 Å². The van der Waals surface area contributed by atoms with Crippen molar-refractivity contribution in [3.8, 4) is 0 Å². The molecule has 1 aliphatic heterocycles. The predicted octanol–water partition coefficient (Wildman–Crippen LogP) is 5.22. The summed E-state index contributed by atoms with van der Waals surface area (Å²) in [5, 5.41) is 7.11. The van der Waals surface area contributed by atoms with Crippen molar-refractivity contribution >= 4 is 17.3 Å². The predicted molar refractivity (Wildman–Crippen MR) is 120 cm³/mol. The SMILES string of the molecule is COC(=O)c1ccc2c(c1)CC(C)(C)C(c1ccc(NCc3ccccn3)cc1)N2. The molecule has 0 fully saturated rings. The minimum absolute atomic E-state index is 0.00928. The number of fused-ring (bicyclic) bond motifs is 1. The Morgan fingerprint density at radius 3 is 2.67 bits per heavy atom. The standard InChI is InChI=1S/C25H27N3O2/c1-25(2)15-19-14-18(24(29)30-3)9-12-22(19)28-23(25)17-7-10-20(11-8-17)27-16-21-6-4-5-13-26-21/h4-14,23,27-28H,15-16H2,1-3H3. The minimum Gasteiger partial charge on any atom is -0.465 e. The monoisotopic (exact) mass is 401 g/mol. The minimum atomic E-state index is -0.300. The second-order valence-electron chi connectivity index (χ2n) is 8.40. The number of carbonyl (C=O) groups excluding carboxylic acids is 1. The molecule has 3 aromatic rings. The lowest BCUT2D eigenvalue weighted by Crippen LogP contribution is -2.35. The van der Waals surface area contributed by atoms with Gasteiger partial charge in [-0.15, -0.1) is 0 Å². The maximum absolute atomic E-state index is 11.9. The third kappa shape index (κ3) is 4.15. The zero-order chi connectivity index (χ0) is 21.1. The number of hydrogen-bond donors (Lipinski definition) is 2. The molecule has 0 saturated heterocycles. The Morgan fingerprint density at radius 2 is 1.97 bits per heavy atom. The van der Waals surface area contributed by atoms with Gasteiger partial charge in [0.1, 0.15) is 0 Å². The first-order valence-electron chi connectivity index (χ1n) is 10.2. The van der Waals surface area contributed by atoms with Crippen LogP contribution in [0.4, 0.5) is 11.4 Å². The molecule has 2 N–H and O–H groups in total. The fourth-order valence-corrected chi connectivity index (χ4v) is 4.09. The zero-order valence-electron chi connectivity index (χ0n) is 17.6. The summed E-state index contributed by atoms with van der Waals surface area (Å²) in [6, 6.07) is 20.4. The van der Waals surface area contributed by atoms with Crippen molar-refractivity contribution < 1.29 is 9.53 Å². The van der Waals surface area contributed by atoms with Gasteiger partial charge < -0.3 is 15.4 Å². The molecule has 0 amide bonds. The number of methoxy groups -OCH3 is 1. The number of hydrogen-bond acceptors (Lipinski definition) is 5. The molecular formula is C25H27N3O2. The summed E-state index contributed by atoms with van der Waals surface area (Å²) in [5.41, 5.74) is 6.13. The van der Waals surface area contributed by atoms with Crippen LogP contribution in [0.2, 0.25) is 0 Å². The van der Waals surface area contributed by atoms with Crippen LogP contribution in [0.15, 0.2) is 66.9 Å². The van der Waals surface area contributed by atoms with E-state index in [4.69, 9.17) is 4.74 Å². The third-order valence-corrected chi connectivity index (χ3v) is 5.70. The lowest BCUT2D eigenvalue weighted by molar-refractivity contribution is 0.0600. The van der Waals surface area contributed by atoms with Gasteiger partial charge in [0, 0.05) is 17.6 Å². The molecule has 2 heterocycles. The number of carbonyl (C=O) groups is 1. The average molecular weight is 402 g/mol. The summed E-state index contributed by atoms with van der Waals surface area (Å²) in [7, 11) is 1.41. The van der Waals surface area contributed by atoms with Crippen LogP contribution in [0.1, 0.15) is 47.1 Å². The van der Waals surface area contributed by atoms with Crippen LogP contribution in [-0.2, 0) is 17.7 Å². The van der Waals surface area contributed by atoms with Gasteiger partial charge in [0.2, 0.25) is 0 Å². The summed E-state index contributed by atoms with van der Waals surface area (Å²) < 4.78 is 4.86. The van der Waals surface area contributed by atoms with Crippen LogP contribution in [0.3, 0.4) is 0 Å². The Kier molecular flexibility index (Phi) is 5.44. The van der Waals surface area contributed by atoms with Crippen LogP contribution in [-0.4, -0.2) is 18.1 Å². The molecule has 1 aromatic heterocycles. The average Bonchev–Trinajstić information content (AvgIpc) is 2.77. The third-order valence-electron chi connectivity index (χ3n) is 5.70. The van der Waals surface area contributed by atoms with E-state index in [1.54, 1.807) is 0 Å². The lowest BCUT2D eigenvalue weighted by atomic mass is 9.72. The molecule has 1 atom stereocenters. The van der Waals surface area contributed by atoms with Crippen molar-refractivity contribution in [2.45, 2.75) is 32.9 Å². The quantitative estimate of drug-likeness (QED) is 0.574. The Bertz CT molecular complexity index is 1030. The summed E-state index contributed by atoms with van der Waals surface area (Å²) in [4.78, 5) is 16.2. The van der Waals surface area contributed by atoms with E-state index in [0.29, 0.717) is 12.1 Å². The van der Waals surface area contributed by atoms with E-state index in [0.717, 1.165) is 29.1 Å². The highest BCUT2D eigenvalue weighted by atomic mass is 16.5. The Balaban J connectivity index is 1.50. The van der Waals surface area contributed by atoms with Crippen LogP contribution < -0.4 is 10.6 Å². The molecule has 30 heavy (non-hydrogen) atoms. The molecule has 0 saturated carbocycles. The fraction of sp³-hybridized carbons (Fsp3) is 0.280. The number of nitrogens with one attached hydrogen (secondary N) is 2. The molecule has 0 bridgehead atoms. The zero-order valence-corrected chi connectivity index (χ0v) is 17.6. The molecular weight excluding hydrogens is 374 g/mol. The van der Waals surface area contributed by atoms with Crippen molar-refractivity contribution in [1.29, 1.82) is 0 Å². The first-order chi connectivity index (χ1) is 14.5. The van der Waals surface area contributed by atoms with Gasteiger partial charge in [-0.25, -0.2) is 4.79 Å². The molecule has 4 rings (SSSR count). The molecule has 2 aromatic carbocycles. The van der Waals surface area contributed by atoms with Gasteiger partial charge in [-0.1, -0.05) is 32.0 Å². The van der Waals surface area contributed by atoms with Gasteiger partial charge in [-0.2, -0.15) is 0 Å². The van der Waals surface area contributed by atoms with E-state index in [-0.39, 0.29) is 17.4 Å². The van der Waals surface area contributed by atoms with E-state index in [2.05, 4.69) is 53.7 Å². The van der Waals surface area contributed by atoms with Crippen molar-refractivity contribution in [3.05, 3.63) is 89.2 Å². The highest BCUT2D eigenvalue weighted by Gasteiger charge is 2.36. The smallest absolute Gasteiger partial charge is 0.337 e. The largest absolute Gasteiger partial charge is 0.465 e. The van der Waals surface area contributed by atoms with Crippen molar-refractivity contribution in [2.75, 3.05) is 17.7 Å². The van der Waals surface area contributed by atoms with E-state index in [1.807, 2.05) is 42.6 Å². The topological polar surface area (TPSA) is 63.2 Å². The van der Waals surface area contributed by atoms with Gasteiger partial charge in [0.15, 0.2) is 0 Å². The molecule has 1 unspecified atom stereocenters. The lowest BCUT2D eigenvalue weighted by Gasteiger charge is -2.41. The summed E-state index contributed by atoms with van der Waals surface area (Å²) in [5.74, 6) is -0.300. The van der Waals surface area contributed by atoms with Crippen molar-refractivity contribution in [2.24, 2.45) is 5.41 Å². The number of anilines is 2. The number of esters is 1. The molecule has 0 spiro atoms. The first-order valence-corrected chi connectivity index (χ1v) is 10.2. The van der Waals surface area contributed by atoms with E-state index < -0.39 is 0 Å². The number of aromatic nitrogens is 1. The Labute approximate surface area is 177 Å². The Hall–Kier alpha value is -3.34. The van der Waals surface area contributed by atoms with E-state index in [9.17, 15) is 4.79 Å². The van der Waals surface area contributed by atoms with Gasteiger partial charge in [-0.05, 0) is 65.4 Å². The summed E-state index contributed by atoms with van der Waals surface area (Å²) in [6.07, 6.45) is 2.69. The molecule has 5 nitrogen and oxygen atoms in total. The molecule has 0 aliphatic carbocycles. The second kappa shape index (κ2) is 8.19. The Morgan fingerprint density at radius 1 is 1.17 bits per heavy atom. The van der Waals surface area contributed by atoms with Gasteiger partial charge in [0.25, 0.3) is 0 Å². The highest BCUT2D eigenvalue weighted by Crippen LogP contribution is 2.45. The number of rotatable bonds is 5. The highest BCUT2D eigenvalue weighted by molar-refractivity contribution is 5.90. The summed E-state index contributed by atoms with van der Waals surface area (Å²) in [6.45, 7) is 5.21. The first kappa shape index (κ1) is 20.0. The number of nitrogens with zero attached hydrogens (tertiary/aromatic N) is 1. The van der Waals surface area contributed by atoms with Crippen LogP contribution in [0.25, 0.3) is 0 Å². The van der Waals surface area contributed by atoms with Crippen LogP contribution in [0.5, 0.6) is 0 Å². The van der Waals surface area contributed by atoms with E-state index >= 15 is 0 Å². The van der Waals surface area contributed by atoms with Crippen molar-refractivity contribution in [3.63, 3.8) is 0 Å². The molecule has 0 radical (unpaired) electrons. The fourth-order valence-electron chi connectivity index (χ4n) is 4.09. The van der Waals surface area contributed by atoms with Gasteiger partial charge >= 0.3 is 5.97 Å². The van der Waals surface area contributed by atoms with Crippen LogP contribution in [0, 0.1) is 5.41 Å². The second-order valence-corrected chi connectivity index (χ2v) is 8.40. The number of ether oxygens (including phenoxy) is 1. The maximum atomic E-state index is 11.9. The maximum Gasteiger partial charge on any atom is 0.337 e. The number of benzene rings is 2. The summed E-state index contributed by atoms with van der Waals surface area (Å²) >= 11 is 0. The number of pyridine rings is 1. The normalized spacial score (nSPS) is 16.8. The van der Waals surface area contributed by atoms with E-state index in [1.165, 1.54) is 12.7 Å². The van der Waals surface area contributed by atoms with Crippen LogP contribution >= 0.6 is 0 Å².